The van der Waals surface area contributed by atoms with Crippen LogP contribution in [0.5, 0.6) is 0 Å². The van der Waals surface area contributed by atoms with E-state index in [0.29, 0.717) is 11.8 Å². The van der Waals surface area contributed by atoms with Gasteiger partial charge in [-0.05, 0) is 67.3 Å². The van der Waals surface area contributed by atoms with E-state index in [1.165, 1.54) is 31.2 Å². The SMILES string of the molecule is C=CC1CCC(c2cnc(-c3ccc(Cl)cc3)nc2)CC1. The largest absolute Gasteiger partial charge is 0.236 e. The van der Waals surface area contributed by atoms with Gasteiger partial charge in [-0.15, -0.1) is 6.58 Å². The molecule has 0 spiro atoms. The van der Waals surface area contributed by atoms with Gasteiger partial charge in [0.2, 0.25) is 0 Å². The summed E-state index contributed by atoms with van der Waals surface area (Å²) in [6.07, 6.45) is 10.9. The lowest BCUT2D eigenvalue weighted by molar-refractivity contribution is 0.375. The summed E-state index contributed by atoms with van der Waals surface area (Å²) in [4.78, 5) is 9.04. The highest BCUT2D eigenvalue weighted by molar-refractivity contribution is 6.30. The van der Waals surface area contributed by atoms with Gasteiger partial charge in [0.05, 0.1) is 0 Å². The molecule has 1 aromatic heterocycles. The van der Waals surface area contributed by atoms with Crippen LogP contribution in [0.1, 0.15) is 37.2 Å². The molecule has 0 N–H and O–H groups in total. The second kappa shape index (κ2) is 6.40. The topological polar surface area (TPSA) is 25.8 Å². The third-order valence-electron chi connectivity index (χ3n) is 4.35. The normalized spacial score (nSPS) is 22.0. The molecule has 0 unspecified atom stereocenters. The molecule has 1 heterocycles. The Morgan fingerprint density at radius 3 is 2.19 bits per heavy atom. The summed E-state index contributed by atoms with van der Waals surface area (Å²) in [6, 6.07) is 7.63. The fourth-order valence-electron chi connectivity index (χ4n) is 2.99. The zero-order valence-corrected chi connectivity index (χ0v) is 12.8. The molecule has 0 radical (unpaired) electrons. The molecule has 0 saturated heterocycles. The molecule has 0 aliphatic heterocycles. The van der Waals surface area contributed by atoms with Crippen LogP contribution in [-0.4, -0.2) is 9.97 Å². The summed E-state index contributed by atoms with van der Waals surface area (Å²) in [5.74, 6) is 2.05. The molecule has 0 atom stereocenters. The number of rotatable bonds is 3. The monoisotopic (exact) mass is 298 g/mol. The predicted octanol–water partition coefficient (Wildman–Crippen LogP) is 5.26. The fraction of sp³-hybridized carbons (Fsp3) is 0.333. The zero-order valence-electron chi connectivity index (χ0n) is 12.0. The van der Waals surface area contributed by atoms with Gasteiger partial charge in [0.25, 0.3) is 0 Å². The molecule has 1 aromatic carbocycles. The minimum absolute atomic E-state index is 0.598. The molecule has 1 aliphatic carbocycles. The smallest absolute Gasteiger partial charge is 0.159 e. The molecule has 1 fully saturated rings. The Morgan fingerprint density at radius 1 is 1.00 bits per heavy atom. The summed E-state index contributed by atoms with van der Waals surface area (Å²) in [5.41, 5.74) is 2.26. The Kier molecular flexibility index (Phi) is 4.35. The maximum absolute atomic E-state index is 5.90. The minimum Gasteiger partial charge on any atom is -0.236 e. The number of hydrogen-bond donors (Lipinski definition) is 0. The highest BCUT2D eigenvalue weighted by Gasteiger charge is 2.21. The Balaban J connectivity index is 1.72. The van der Waals surface area contributed by atoms with Crippen molar-refractivity contribution in [2.24, 2.45) is 5.92 Å². The Hall–Kier alpha value is -1.67. The third-order valence-corrected chi connectivity index (χ3v) is 4.60. The van der Waals surface area contributed by atoms with Crippen molar-refractivity contribution in [2.75, 3.05) is 0 Å². The van der Waals surface area contributed by atoms with Gasteiger partial charge in [-0.3, -0.25) is 0 Å². The van der Waals surface area contributed by atoms with Crippen molar-refractivity contribution in [3.8, 4) is 11.4 Å². The summed E-state index contributed by atoms with van der Waals surface area (Å²) in [5, 5.41) is 0.731. The summed E-state index contributed by atoms with van der Waals surface area (Å²) in [6.45, 7) is 3.90. The first-order valence-corrected chi connectivity index (χ1v) is 7.84. The van der Waals surface area contributed by atoms with Gasteiger partial charge >= 0.3 is 0 Å². The molecule has 1 saturated carbocycles. The molecule has 0 bridgehead atoms. The van der Waals surface area contributed by atoms with Crippen molar-refractivity contribution in [3.05, 3.63) is 59.9 Å². The van der Waals surface area contributed by atoms with E-state index < -0.39 is 0 Å². The predicted molar refractivity (Wildman–Crippen MR) is 87.4 cm³/mol. The number of benzene rings is 1. The van der Waals surface area contributed by atoms with E-state index in [9.17, 15) is 0 Å². The maximum atomic E-state index is 5.90. The van der Waals surface area contributed by atoms with Gasteiger partial charge in [-0.1, -0.05) is 17.7 Å². The van der Waals surface area contributed by atoms with E-state index in [1.54, 1.807) is 0 Å². The zero-order chi connectivity index (χ0) is 14.7. The molecular formula is C18H19ClN2. The van der Waals surface area contributed by atoms with Gasteiger partial charge in [-0.25, -0.2) is 9.97 Å². The first-order chi connectivity index (χ1) is 10.3. The summed E-state index contributed by atoms with van der Waals surface area (Å²) >= 11 is 5.90. The van der Waals surface area contributed by atoms with Crippen LogP contribution in [0, 0.1) is 5.92 Å². The van der Waals surface area contributed by atoms with Crippen molar-refractivity contribution in [1.29, 1.82) is 0 Å². The van der Waals surface area contributed by atoms with Crippen LogP contribution in [0.3, 0.4) is 0 Å². The molecule has 2 nitrogen and oxygen atoms in total. The van der Waals surface area contributed by atoms with Gasteiger partial charge in [0.1, 0.15) is 0 Å². The average molecular weight is 299 g/mol. The van der Waals surface area contributed by atoms with Gasteiger partial charge < -0.3 is 0 Å². The standard InChI is InChI=1S/C18H19ClN2/c1-2-13-3-5-14(6-4-13)16-11-20-18(21-12-16)15-7-9-17(19)10-8-15/h2,7-14H,1,3-6H2. The lowest BCUT2D eigenvalue weighted by Crippen LogP contribution is -2.12. The highest BCUT2D eigenvalue weighted by atomic mass is 35.5. The van der Waals surface area contributed by atoms with Crippen LogP contribution < -0.4 is 0 Å². The van der Waals surface area contributed by atoms with E-state index in [2.05, 4.69) is 22.6 Å². The van der Waals surface area contributed by atoms with Gasteiger partial charge in [-0.2, -0.15) is 0 Å². The first kappa shape index (κ1) is 14.3. The summed E-state index contributed by atoms with van der Waals surface area (Å²) < 4.78 is 0. The second-order valence-electron chi connectivity index (χ2n) is 5.69. The van der Waals surface area contributed by atoms with E-state index in [-0.39, 0.29) is 0 Å². The van der Waals surface area contributed by atoms with E-state index >= 15 is 0 Å². The Morgan fingerprint density at radius 2 is 1.62 bits per heavy atom. The lowest BCUT2D eigenvalue weighted by Gasteiger charge is -2.26. The van der Waals surface area contributed by atoms with E-state index in [0.717, 1.165) is 16.4 Å². The average Bonchev–Trinajstić information content (AvgIpc) is 2.56. The summed E-state index contributed by atoms with van der Waals surface area (Å²) in [7, 11) is 0. The van der Waals surface area contributed by atoms with Crippen molar-refractivity contribution in [2.45, 2.75) is 31.6 Å². The molecule has 0 amide bonds. The van der Waals surface area contributed by atoms with Crippen LogP contribution in [-0.2, 0) is 0 Å². The van der Waals surface area contributed by atoms with Crippen LogP contribution in [0.4, 0.5) is 0 Å². The quantitative estimate of drug-likeness (QED) is 0.723. The molecule has 21 heavy (non-hydrogen) atoms. The second-order valence-corrected chi connectivity index (χ2v) is 6.13. The molecule has 2 aromatic rings. The Bertz CT molecular complexity index is 596. The molecule has 1 aliphatic rings. The molecule has 3 rings (SSSR count). The molecule has 108 valence electrons. The number of nitrogens with zero attached hydrogens (tertiary/aromatic N) is 2. The number of hydrogen-bond acceptors (Lipinski definition) is 2. The maximum Gasteiger partial charge on any atom is 0.159 e. The minimum atomic E-state index is 0.598. The van der Waals surface area contributed by atoms with E-state index in [1.807, 2.05) is 36.7 Å². The van der Waals surface area contributed by atoms with E-state index in [4.69, 9.17) is 11.6 Å². The number of halogens is 1. The van der Waals surface area contributed by atoms with Gasteiger partial charge in [0.15, 0.2) is 5.82 Å². The fourth-order valence-corrected chi connectivity index (χ4v) is 3.11. The van der Waals surface area contributed by atoms with Crippen LogP contribution in [0.15, 0.2) is 49.3 Å². The molecular weight excluding hydrogens is 280 g/mol. The number of aromatic nitrogens is 2. The molecule has 3 heteroatoms. The van der Waals surface area contributed by atoms with Crippen molar-refractivity contribution < 1.29 is 0 Å². The van der Waals surface area contributed by atoms with Crippen LogP contribution in [0.25, 0.3) is 11.4 Å². The van der Waals surface area contributed by atoms with Gasteiger partial charge in [0, 0.05) is 23.0 Å². The van der Waals surface area contributed by atoms with Crippen LogP contribution >= 0.6 is 11.6 Å². The first-order valence-electron chi connectivity index (χ1n) is 7.46. The van der Waals surface area contributed by atoms with Crippen molar-refractivity contribution in [3.63, 3.8) is 0 Å². The number of allylic oxidation sites excluding steroid dienone is 1. The van der Waals surface area contributed by atoms with Crippen molar-refractivity contribution in [1.82, 2.24) is 9.97 Å². The van der Waals surface area contributed by atoms with Crippen molar-refractivity contribution >= 4 is 11.6 Å². The van der Waals surface area contributed by atoms with Crippen LogP contribution in [0.2, 0.25) is 5.02 Å². The Labute approximate surface area is 130 Å². The third kappa shape index (κ3) is 3.33. The highest BCUT2D eigenvalue weighted by Crippen LogP contribution is 2.35. The lowest BCUT2D eigenvalue weighted by atomic mass is 9.79.